The highest BCUT2D eigenvalue weighted by atomic mass is 16.5. The first-order valence-electron chi connectivity index (χ1n) is 7.10. The average Bonchev–Trinajstić information content (AvgIpc) is 2.43. The number of phenols is 1. The van der Waals surface area contributed by atoms with E-state index in [1.807, 2.05) is 26.0 Å². The average molecular weight is 264 g/mol. The maximum Gasteiger partial charge on any atom is 0.161 e. The first-order valence-corrected chi connectivity index (χ1v) is 7.10. The SMILES string of the molecule is CCOc1cccc(C(CC)CCC(=O)CC)c1O. The van der Waals surface area contributed by atoms with Crippen LogP contribution < -0.4 is 4.74 Å². The molecule has 0 spiro atoms. The monoisotopic (exact) mass is 264 g/mol. The molecule has 0 radical (unpaired) electrons. The fraction of sp³-hybridized carbons (Fsp3) is 0.562. The summed E-state index contributed by atoms with van der Waals surface area (Å²) in [5, 5.41) is 10.2. The summed E-state index contributed by atoms with van der Waals surface area (Å²) < 4.78 is 5.40. The number of benzene rings is 1. The van der Waals surface area contributed by atoms with Crippen molar-refractivity contribution in [2.24, 2.45) is 0 Å². The van der Waals surface area contributed by atoms with Gasteiger partial charge in [0.25, 0.3) is 0 Å². The van der Waals surface area contributed by atoms with Crippen LogP contribution >= 0.6 is 0 Å². The van der Waals surface area contributed by atoms with Crippen molar-refractivity contribution in [2.75, 3.05) is 6.61 Å². The number of carbonyl (C=O) groups excluding carboxylic acids is 1. The van der Waals surface area contributed by atoms with Gasteiger partial charge in [-0.15, -0.1) is 0 Å². The van der Waals surface area contributed by atoms with Crippen LogP contribution in [0, 0.1) is 0 Å². The lowest BCUT2D eigenvalue weighted by atomic mass is 9.90. The zero-order valence-electron chi connectivity index (χ0n) is 12.1. The highest BCUT2D eigenvalue weighted by molar-refractivity contribution is 5.78. The van der Waals surface area contributed by atoms with Gasteiger partial charge in [-0.05, 0) is 31.7 Å². The van der Waals surface area contributed by atoms with E-state index in [1.165, 1.54) is 0 Å². The van der Waals surface area contributed by atoms with E-state index in [0.717, 1.165) is 18.4 Å². The summed E-state index contributed by atoms with van der Waals surface area (Å²) in [6.45, 7) is 6.38. The molecule has 0 saturated carbocycles. The Balaban J connectivity index is 2.85. The highest BCUT2D eigenvalue weighted by Gasteiger charge is 2.17. The Morgan fingerprint density at radius 3 is 2.63 bits per heavy atom. The highest BCUT2D eigenvalue weighted by Crippen LogP contribution is 2.37. The molecule has 3 heteroatoms. The van der Waals surface area contributed by atoms with Crippen LogP contribution in [0.2, 0.25) is 0 Å². The van der Waals surface area contributed by atoms with Crippen LogP contribution in [0.25, 0.3) is 0 Å². The first-order chi connectivity index (χ1) is 9.13. The van der Waals surface area contributed by atoms with Gasteiger partial charge in [-0.25, -0.2) is 0 Å². The van der Waals surface area contributed by atoms with Crippen LogP contribution in [0.5, 0.6) is 11.5 Å². The lowest BCUT2D eigenvalue weighted by molar-refractivity contribution is -0.118. The Bertz CT molecular complexity index is 412. The number of carbonyl (C=O) groups is 1. The van der Waals surface area contributed by atoms with Crippen LogP contribution in [0.1, 0.15) is 57.9 Å². The number of ketones is 1. The van der Waals surface area contributed by atoms with Gasteiger partial charge in [0.2, 0.25) is 0 Å². The number of ether oxygens (including phenoxy) is 1. The minimum atomic E-state index is 0.205. The molecule has 19 heavy (non-hydrogen) atoms. The molecule has 1 aromatic rings. The third-order valence-electron chi connectivity index (χ3n) is 3.43. The molecule has 0 aromatic heterocycles. The Kier molecular flexibility index (Phi) is 6.40. The molecule has 0 aliphatic carbocycles. The second-order valence-corrected chi connectivity index (χ2v) is 4.66. The number of aromatic hydroxyl groups is 1. The van der Waals surface area contributed by atoms with Crippen molar-refractivity contribution in [3.05, 3.63) is 23.8 Å². The molecular formula is C16H24O3. The van der Waals surface area contributed by atoms with E-state index in [9.17, 15) is 9.90 Å². The van der Waals surface area contributed by atoms with Crippen molar-refractivity contribution in [1.29, 1.82) is 0 Å². The summed E-state index contributed by atoms with van der Waals surface area (Å²) in [5.74, 6) is 1.23. The summed E-state index contributed by atoms with van der Waals surface area (Å²) in [4.78, 5) is 11.4. The summed E-state index contributed by atoms with van der Waals surface area (Å²) in [6.07, 6.45) is 2.85. The quantitative estimate of drug-likeness (QED) is 0.770. The van der Waals surface area contributed by atoms with E-state index in [1.54, 1.807) is 6.07 Å². The van der Waals surface area contributed by atoms with Gasteiger partial charge in [0, 0.05) is 18.4 Å². The van der Waals surface area contributed by atoms with Gasteiger partial charge >= 0.3 is 0 Å². The van der Waals surface area contributed by atoms with Crippen molar-refractivity contribution in [1.82, 2.24) is 0 Å². The molecule has 0 saturated heterocycles. The van der Waals surface area contributed by atoms with Crippen molar-refractivity contribution in [3.8, 4) is 11.5 Å². The molecular weight excluding hydrogens is 240 g/mol. The molecule has 0 fully saturated rings. The van der Waals surface area contributed by atoms with Gasteiger partial charge in [0.15, 0.2) is 11.5 Å². The van der Waals surface area contributed by atoms with E-state index in [2.05, 4.69) is 6.92 Å². The molecule has 106 valence electrons. The van der Waals surface area contributed by atoms with Crippen LogP contribution in [-0.2, 0) is 4.79 Å². The zero-order chi connectivity index (χ0) is 14.3. The fourth-order valence-corrected chi connectivity index (χ4v) is 2.23. The van der Waals surface area contributed by atoms with E-state index >= 15 is 0 Å². The second-order valence-electron chi connectivity index (χ2n) is 4.66. The van der Waals surface area contributed by atoms with Gasteiger partial charge in [0.1, 0.15) is 5.78 Å². The fourth-order valence-electron chi connectivity index (χ4n) is 2.23. The van der Waals surface area contributed by atoms with Crippen molar-refractivity contribution < 1.29 is 14.6 Å². The lowest BCUT2D eigenvalue weighted by Gasteiger charge is -2.18. The number of Topliss-reactive ketones (excluding diaryl/α,β-unsaturated/α-hetero) is 1. The van der Waals surface area contributed by atoms with E-state index in [4.69, 9.17) is 4.74 Å². The molecule has 0 bridgehead atoms. The first kappa shape index (κ1) is 15.5. The summed E-state index contributed by atoms with van der Waals surface area (Å²) >= 11 is 0. The Morgan fingerprint density at radius 1 is 1.32 bits per heavy atom. The molecule has 0 amide bonds. The Morgan fingerprint density at radius 2 is 2.05 bits per heavy atom. The summed E-state index contributed by atoms with van der Waals surface area (Å²) in [7, 11) is 0. The predicted molar refractivity (Wildman–Crippen MR) is 76.8 cm³/mol. The molecule has 1 rings (SSSR count). The van der Waals surface area contributed by atoms with Crippen molar-refractivity contribution >= 4 is 5.78 Å². The van der Waals surface area contributed by atoms with E-state index in [0.29, 0.717) is 25.2 Å². The van der Waals surface area contributed by atoms with Crippen LogP contribution in [0.3, 0.4) is 0 Å². The van der Waals surface area contributed by atoms with Crippen molar-refractivity contribution in [3.63, 3.8) is 0 Å². The molecule has 0 aliphatic heterocycles. The minimum Gasteiger partial charge on any atom is -0.504 e. The lowest BCUT2D eigenvalue weighted by Crippen LogP contribution is -2.04. The third-order valence-corrected chi connectivity index (χ3v) is 3.43. The van der Waals surface area contributed by atoms with Gasteiger partial charge < -0.3 is 9.84 Å². The summed E-state index contributed by atoms with van der Waals surface area (Å²) in [5.41, 5.74) is 0.886. The molecule has 3 nitrogen and oxygen atoms in total. The topological polar surface area (TPSA) is 46.5 Å². The summed E-state index contributed by atoms with van der Waals surface area (Å²) in [6, 6.07) is 5.58. The molecule has 0 aliphatic rings. The molecule has 1 N–H and O–H groups in total. The molecule has 1 atom stereocenters. The number of rotatable bonds is 8. The molecule has 1 unspecified atom stereocenters. The second kappa shape index (κ2) is 7.82. The van der Waals surface area contributed by atoms with Gasteiger partial charge in [-0.1, -0.05) is 26.0 Å². The van der Waals surface area contributed by atoms with Gasteiger partial charge in [-0.2, -0.15) is 0 Å². The van der Waals surface area contributed by atoms with Gasteiger partial charge in [-0.3, -0.25) is 4.79 Å². The van der Waals surface area contributed by atoms with E-state index in [-0.39, 0.29) is 17.5 Å². The standard InChI is InChI=1S/C16H24O3/c1-4-12(10-11-13(17)5-2)14-8-7-9-15(16(14)18)19-6-3/h7-9,12,18H,4-6,10-11H2,1-3H3. The van der Waals surface area contributed by atoms with Crippen LogP contribution in [-0.4, -0.2) is 17.5 Å². The predicted octanol–water partition coefficient (Wildman–Crippen LogP) is 4.04. The van der Waals surface area contributed by atoms with E-state index < -0.39 is 0 Å². The Labute approximate surface area is 115 Å². The maximum absolute atomic E-state index is 11.4. The van der Waals surface area contributed by atoms with Crippen LogP contribution in [0.15, 0.2) is 18.2 Å². The normalized spacial score (nSPS) is 12.2. The maximum atomic E-state index is 11.4. The van der Waals surface area contributed by atoms with Gasteiger partial charge in [0.05, 0.1) is 6.61 Å². The zero-order valence-corrected chi connectivity index (χ0v) is 12.1. The van der Waals surface area contributed by atoms with Crippen LogP contribution in [0.4, 0.5) is 0 Å². The number of hydrogen-bond donors (Lipinski definition) is 1. The number of hydrogen-bond acceptors (Lipinski definition) is 3. The molecule has 0 heterocycles. The number of para-hydroxylation sites is 1. The van der Waals surface area contributed by atoms with Crippen molar-refractivity contribution in [2.45, 2.75) is 52.4 Å². The smallest absolute Gasteiger partial charge is 0.161 e. The third kappa shape index (κ3) is 4.27. The Hall–Kier alpha value is -1.51. The number of phenolic OH excluding ortho intramolecular Hbond substituents is 1. The largest absolute Gasteiger partial charge is 0.504 e. The minimum absolute atomic E-state index is 0.205. The molecule has 1 aromatic carbocycles.